The lowest BCUT2D eigenvalue weighted by atomic mass is 10.2. The van der Waals surface area contributed by atoms with Crippen molar-refractivity contribution in [3.05, 3.63) is 42.7 Å². The lowest BCUT2D eigenvalue weighted by molar-refractivity contribution is 0.104. The van der Waals surface area contributed by atoms with E-state index < -0.39 is 0 Å². The first-order valence-corrected chi connectivity index (χ1v) is 6.16. The van der Waals surface area contributed by atoms with Gasteiger partial charge in [-0.15, -0.1) is 22.7 Å². The molecule has 0 spiro atoms. The van der Waals surface area contributed by atoms with Gasteiger partial charge < -0.3 is 0 Å². The van der Waals surface area contributed by atoms with Gasteiger partial charge in [-0.3, -0.25) is 4.79 Å². The van der Waals surface area contributed by atoms with Gasteiger partial charge in [0.25, 0.3) is 0 Å². The molecule has 0 aliphatic rings. The van der Waals surface area contributed by atoms with E-state index in [1.807, 2.05) is 11.4 Å². The molecule has 0 aromatic carbocycles. The highest BCUT2D eigenvalue weighted by atomic mass is 35.5. The Morgan fingerprint density at radius 2 is 2.14 bits per heavy atom. The van der Waals surface area contributed by atoms with Crippen LogP contribution in [0.3, 0.4) is 0 Å². The van der Waals surface area contributed by atoms with Crippen LogP contribution in [0.15, 0.2) is 23.6 Å². The van der Waals surface area contributed by atoms with E-state index in [4.69, 9.17) is 23.2 Å². The van der Waals surface area contributed by atoms with E-state index in [1.165, 1.54) is 22.7 Å². The third kappa shape index (κ3) is 1.86. The number of carbonyl (C=O) groups is 1. The average Bonchev–Trinajstić information content (AvgIpc) is 2.73. The van der Waals surface area contributed by atoms with Gasteiger partial charge in [-0.1, -0.05) is 29.3 Å². The van der Waals surface area contributed by atoms with Crippen LogP contribution in [0.25, 0.3) is 0 Å². The van der Waals surface area contributed by atoms with Gasteiger partial charge in [0, 0.05) is 0 Å². The van der Waals surface area contributed by atoms with E-state index >= 15 is 0 Å². The molecule has 0 amide bonds. The minimum Gasteiger partial charge on any atom is -0.288 e. The molecular formula is C9H4Cl2OS2. The molecule has 14 heavy (non-hydrogen) atoms. The van der Waals surface area contributed by atoms with E-state index in [2.05, 4.69) is 0 Å². The fraction of sp³-hybridized carbons (Fsp3) is 0. The molecule has 2 aromatic rings. The number of halogens is 2. The van der Waals surface area contributed by atoms with Crippen LogP contribution in [0.5, 0.6) is 0 Å². The molecule has 1 nitrogen and oxygen atoms in total. The Bertz CT molecular complexity index is 459. The smallest absolute Gasteiger partial charge is 0.205 e. The second-order valence-corrected chi connectivity index (χ2v) is 5.78. The summed E-state index contributed by atoms with van der Waals surface area (Å²) in [5.74, 6) is -0.0619. The number of rotatable bonds is 2. The molecule has 5 heteroatoms. The van der Waals surface area contributed by atoms with Crippen molar-refractivity contribution in [3.8, 4) is 0 Å². The molecule has 0 atom stereocenters. The van der Waals surface area contributed by atoms with E-state index in [0.717, 1.165) is 0 Å². The molecule has 0 saturated carbocycles. The summed E-state index contributed by atoms with van der Waals surface area (Å²) in [6.45, 7) is 0. The van der Waals surface area contributed by atoms with Crippen molar-refractivity contribution in [2.45, 2.75) is 0 Å². The van der Waals surface area contributed by atoms with Crippen LogP contribution in [0, 0.1) is 0 Å². The first-order valence-electron chi connectivity index (χ1n) is 3.71. The Labute approximate surface area is 98.9 Å². The molecule has 0 saturated heterocycles. The fourth-order valence-electron chi connectivity index (χ4n) is 1.04. The normalized spacial score (nSPS) is 10.4. The zero-order valence-corrected chi connectivity index (χ0v) is 9.93. The Kier molecular flexibility index (Phi) is 2.93. The molecule has 2 rings (SSSR count). The maximum absolute atomic E-state index is 11.8. The highest BCUT2D eigenvalue weighted by Crippen LogP contribution is 2.33. The predicted octanol–water partition coefficient (Wildman–Crippen LogP) is 4.35. The average molecular weight is 263 g/mol. The summed E-state index contributed by atoms with van der Waals surface area (Å²) < 4.78 is 0.989. The van der Waals surface area contributed by atoms with Crippen molar-refractivity contribution in [1.29, 1.82) is 0 Å². The van der Waals surface area contributed by atoms with Crippen LogP contribution < -0.4 is 0 Å². The van der Waals surface area contributed by atoms with Crippen LogP contribution >= 0.6 is 45.9 Å². The maximum Gasteiger partial charge on any atom is 0.205 e. The van der Waals surface area contributed by atoms with Crippen LogP contribution in [0.1, 0.15) is 15.2 Å². The summed E-state index contributed by atoms with van der Waals surface area (Å²) in [4.78, 5) is 12.5. The second kappa shape index (κ2) is 4.03. The maximum atomic E-state index is 11.8. The van der Waals surface area contributed by atoms with Crippen molar-refractivity contribution in [2.75, 3.05) is 0 Å². The van der Waals surface area contributed by atoms with E-state index in [9.17, 15) is 4.79 Å². The zero-order valence-electron chi connectivity index (χ0n) is 6.79. The number of hydrogen-bond donors (Lipinski definition) is 0. The molecule has 0 fully saturated rings. The quantitative estimate of drug-likeness (QED) is 0.736. The monoisotopic (exact) mass is 262 g/mol. The number of hydrogen-bond acceptors (Lipinski definition) is 3. The lowest BCUT2D eigenvalue weighted by Crippen LogP contribution is -1.96. The van der Waals surface area contributed by atoms with Gasteiger partial charge in [-0.05, 0) is 17.5 Å². The van der Waals surface area contributed by atoms with Crippen LogP contribution in [-0.2, 0) is 0 Å². The summed E-state index contributed by atoms with van der Waals surface area (Å²) in [5.41, 5.74) is 0.490. The third-order valence-electron chi connectivity index (χ3n) is 1.65. The largest absolute Gasteiger partial charge is 0.288 e. The third-order valence-corrected chi connectivity index (χ3v) is 4.00. The van der Waals surface area contributed by atoms with Crippen LogP contribution in [-0.4, -0.2) is 5.78 Å². The van der Waals surface area contributed by atoms with Gasteiger partial charge in [0.2, 0.25) is 5.78 Å². The summed E-state index contributed by atoms with van der Waals surface area (Å²) in [7, 11) is 0. The van der Waals surface area contributed by atoms with Crippen LogP contribution in [0.2, 0.25) is 8.67 Å². The van der Waals surface area contributed by atoms with E-state index in [0.29, 0.717) is 19.1 Å². The Balaban J connectivity index is 2.41. The van der Waals surface area contributed by atoms with Crippen molar-refractivity contribution in [2.24, 2.45) is 0 Å². The Morgan fingerprint density at radius 3 is 2.64 bits per heavy atom. The van der Waals surface area contributed by atoms with E-state index in [-0.39, 0.29) is 5.78 Å². The number of carbonyl (C=O) groups excluding carboxylic acids is 1. The minimum absolute atomic E-state index is 0.0619. The second-order valence-electron chi connectivity index (χ2n) is 2.54. The molecule has 0 aliphatic heterocycles. The summed E-state index contributed by atoms with van der Waals surface area (Å²) in [6.07, 6.45) is 0. The molecule has 0 aliphatic carbocycles. The van der Waals surface area contributed by atoms with E-state index in [1.54, 1.807) is 12.1 Å². The molecule has 72 valence electrons. The predicted molar refractivity (Wildman–Crippen MR) is 62.1 cm³/mol. The molecule has 0 N–H and O–H groups in total. The highest BCUT2D eigenvalue weighted by Gasteiger charge is 2.16. The molecular weight excluding hydrogens is 259 g/mol. The summed E-state index contributed by atoms with van der Waals surface area (Å²) >= 11 is 14.2. The summed E-state index contributed by atoms with van der Waals surface area (Å²) in [5, 5.41) is 1.86. The van der Waals surface area contributed by atoms with Crippen molar-refractivity contribution >= 4 is 51.7 Å². The SMILES string of the molecule is O=C(c1cccs1)c1cc(Cl)sc1Cl. The molecule has 0 unspecified atom stereocenters. The zero-order chi connectivity index (χ0) is 10.1. The fourth-order valence-corrected chi connectivity index (χ4v) is 3.17. The number of ketones is 1. The van der Waals surface area contributed by atoms with Gasteiger partial charge >= 0.3 is 0 Å². The van der Waals surface area contributed by atoms with Gasteiger partial charge in [-0.25, -0.2) is 0 Å². The summed E-state index contributed by atoms with van der Waals surface area (Å²) in [6, 6.07) is 5.21. The first-order chi connectivity index (χ1) is 6.68. The van der Waals surface area contributed by atoms with Gasteiger partial charge in [0.15, 0.2) is 0 Å². The molecule has 0 bridgehead atoms. The minimum atomic E-state index is -0.0619. The topological polar surface area (TPSA) is 17.1 Å². The Hall–Kier alpha value is -0.350. The first kappa shape index (κ1) is 10.2. The van der Waals surface area contributed by atoms with Crippen LogP contribution in [0.4, 0.5) is 0 Å². The molecule has 2 aromatic heterocycles. The van der Waals surface area contributed by atoms with Gasteiger partial charge in [0.05, 0.1) is 14.8 Å². The number of thiophene rings is 2. The van der Waals surface area contributed by atoms with Crippen molar-refractivity contribution < 1.29 is 4.79 Å². The van der Waals surface area contributed by atoms with Gasteiger partial charge in [-0.2, -0.15) is 0 Å². The Morgan fingerprint density at radius 1 is 1.36 bits per heavy atom. The van der Waals surface area contributed by atoms with Crippen molar-refractivity contribution in [1.82, 2.24) is 0 Å². The molecule has 0 radical (unpaired) electrons. The van der Waals surface area contributed by atoms with Gasteiger partial charge in [0.1, 0.15) is 4.34 Å². The molecule has 2 heterocycles. The standard InChI is InChI=1S/C9H4Cl2OS2/c10-7-4-5(9(11)14-7)8(12)6-2-1-3-13-6/h1-4H. The lowest BCUT2D eigenvalue weighted by Gasteiger charge is -1.93. The van der Waals surface area contributed by atoms with Crippen molar-refractivity contribution in [3.63, 3.8) is 0 Å². The highest BCUT2D eigenvalue weighted by molar-refractivity contribution is 7.20.